The van der Waals surface area contributed by atoms with Crippen molar-refractivity contribution in [2.45, 2.75) is 56.8 Å². The minimum atomic E-state index is -1.62. The van der Waals surface area contributed by atoms with Gasteiger partial charge in [0.1, 0.15) is 43.6 Å². The van der Waals surface area contributed by atoms with Gasteiger partial charge in [-0.3, -0.25) is 4.57 Å². The molecule has 0 radical (unpaired) electrons. The maximum atomic E-state index is 12.3. The van der Waals surface area contributed by atoms with Gasteiger partial charge in [-0.05, 0) is 18.6 Å². The van der Waals surface area contributed by atoms with Crippen molar-refractivity contribution < 1.29 is 58.5 Å². The number of benzene rings is 1. The number of hydrogen-bond donors (Lipinski definition) is 4. The predicted octanol–water partition coefficient (Wildman–Crippen LogP) is 2.83. The highest BCUT2D eigenvalue weighted by atomic mass is 35.5. The normalized spacial score (nSPS) is 26.0. The van der Waals surface area contributed by atoms with Gasteiger partial charge in [-0.2, -0.15) is 0 Å². The van der Waals surface area contributed by atoms with E-state index in [-0.39, 0.29) is 24.6 Å². The van der Waals surface area contributed by atoms with Gasteiger partial charge < -0.3 is 53.8 Å². The van der Waals surface area contributed by atoms with Crippen molar-refractivity contribution in [3.05, 3.63) is 70.4 Å². The van der Waals surface area contributed by atoms with Crippen molar-refractivity contribution in [2.75, 3.05) is 33.4 Å². The van der Waals surface area contributed by atoms with Gasteiger partial charge in [0.15, 0.2) is 12.0 Å². The molecule has 4 N–H and O–H groups in total. The molecule has 0 unspecified atom stereocenters. The van der Waals surface area contributed by atoms with Crippen LogP contribution in [0.15, 0.2) is 55.3 Å². The predicted molar refractivity (Wildman–Crippen MR) is 180 cm³/mol. The average molecular weight is 765 g/mol. The number of carbonyl (C=O) groups excluding carboxylic acids is 3. The SMILES string of the molecule is C=C[C@H]1[C@H](O[C@@H]2O[C@H](CO)[C@@H](O)[C@H](O)[C@H]2O)OC=C(C(=O)OC)[C@H]1CC=O.CCCN(CCOc1c(Cl)cc(Cl)cc1Cl)C(=O)n1ccnc1. The topological polar surface area (TPSA) is 199 Å². The average Bonchev–Trinajstić information content (AvgIpc) is 3.64. The third kappa shape index (κ3) is 10.4. The zero-order valence-corrected chi connectivity index (χ0v) is 29.5. The molecule has 276 valence electrons. The summed E-state index contributed by atoms with van der Waals surface area (Å²) in [5.41, 5.74) is 0.128. The van der Waals surface area contributed by atoms with Crippen LogP contribution >= 0.6 is 34.8 Å². The van der Waals surface area contributed by atoms with Crippen LogP contribution in [0.4, 0.5) is 4.79 Å². The molecule has 1 aromatic carbocycles. The number of imidazole rings is 1. The van der Waals surface area contributed by atoms with Gasteiger partial charge in [0, 0.05) is 42.2 Å². The fourth-order valence-corrected chi connectivity index (χ4v) is 6.09. The van der Waals surface area contributed by atoms with Crippen LogP contribution in [0.5, 0.6) is 5.75 Å². The molecular weight excluding hydrogens is 725 g/mol. The molecule has 2 aliphatic heterocycles. The first-order valence-corrected chi connectivity index (χ1v) is 16.6. The third-order valence-electron chi connectivity index (χ3n) is 7.73. The van der Waals surface area contributed by atoms with E-state index in [4.69, 9.17) is 53.8 Å². The van der Waals surface area contributed by atoms with E-state index in [9.17, 15) is 34.8 Å². The van der Waals surface area contributed by atoms with Crippen molar-refractivity contribution >= 4 is 53.1 Å². The van der Waals surface area contributed by atoms with Crippen molar-refractivity contribution in [1.82, 2.24) is 14.5 Å². The Kier molecular flexibility index (Phi) is 16.4. The molecule has 2 aliphatic rings. The van der Waals surface area contributed by atoms with Crippen LogP contribution in [-0.2, 0) is 28.5 Å². The lowest BCUT2D eigenvalue weighted by molar-refractivity contribution is -0.339. The summed E-state index contributed by atoms with van der Waals surface area (Å²) in [4.78, 5) is 40.9. The number of halogens is 3. The van der Waals surface area contributed by atoms with Crippen LogP contribution < -0.4 is 4.74 Å². The molecule has 1 amide bonds. The number of aliphatic hydroxyl groups is 4. The summed E-state index contributed by atoms with van der Waals surface area (Å²) in [6.45, 7) is 6.34. The molecule has 0 saturated carbocycles. The van der Waals surface area contributed by atoms with Gasteiger partial charge in [-0.25, -0.2) is 14.6 Å². The molecule has 1 saturated heterocycles. The highest BCUT2D eigenvalue weighted by Crippen LogP contribution is 2.37. The molecule has 15 nitrogen and oxygen atoms in total. The molecule has 0 bridgehead atoms. The Bertz CT molecular complexity index is 1440. The molecule has 2 aromatic rings. The quantitative estimate of drug-likeness (QED) is 0.132. The minimum Gasteiger partial charge on any atom is -0.489 e. The Labute approximate surface area is 303 Å². The van der Waals surface area contributed by atoms with E-state index < -0.39 is 61.4 Å². The number of aldehydes is 1. The zero-order chi connectivity index (χ0) is 37.0. The van der Waals surface area contributed by atoms with Gasteiger partial charge in [0.05, 0.1) is 42.1 Å². The molecule has 0 spiro atoms. The first-order chi connectivity index (χ1) is 23.9. The summed E-state index contributed by atoms with van der Waals surface area (Å²) < 4.78 is 28.0. The molecule has 3 heterocycles. The molecule has 0 aliphatic carbocycles. The molecule has 50 heavy (non-hydrogen) atoms. The second-order valence-electron chi connectivity index (χ2n) is 11.0. The van der Waals surface area contributed by atoms with Crippen LogP contribution in [0.2, 0.25) is 15.1 Å². The summed E-state index contributed by atoms with van der Waals surface area (Å²) in [7, 11) is 1.20. The Morgan fingerprint density at radius 2 is 1.80 bits per heavy atom. The van der Waals surface area contributed by atoms with Crippen molar-refractivity contribution in [3.63, 3.8) is 0 Å². The van der Waals surface area contributed by atoms with Gasteiger partial charge in [-0.1, -0.05) is 47.8 Å². The lowest BCUT2D eigenvalue weighted by Gasteiger charge is -2.42. The van der Waals surface area contributed by atoms with E-state index in [1.165, 1.54) is 24.1 Å². The van der Waals surface area contributed by atoms with E-state index in [1.807, 2.05) is 6.92 Å². The van der Waals surface area contributed by atoms with E-state index >= 15 is 0 Å². The van der Waals surface area contributed by atoms with Crippen LogP contribution in [-0.4, -0.2) is 124 Å². The number of methoxy groups -OCH3 is 1. The summed E-state index contributed by atoms with van der Waals surface area (Å²) >= 11 is 18.0. The third-order valence-corrected chi connectivity index (χ3v) is 8.51. The number of aliphatic hydroxyl groups excluding tert-OH is 4. The number of nitrogens with zero attached hydrogens (tertiary/aromatic N) is 3. The molecule has 4 rings (SSSR count). The number of aromatic nitrogens is 2. The Balaban J connectivity index is 0.000000274. The number of hydrogen-bond acceptors (Lipinski definition) is 13. The van der Waals surface area contributed by atoms with E-state index in [0.717, 1.165) is 12.7 Å². The Hall–Kier alpha value is -3.25. The summed E-state index contributed by atoms with van der Waals surface area (Å²) in [5.74, 6) is -1.62. The van der Waals surface area contributed by atoms with Crippen LogP contribution in [0.25, 0.3) is 0 Å². The van der Waals surface area contributed by atoms with Gasteiger partial charge in [0.25, 0.3) is 0 Å². The smallest absolute Gasteiger partial charge is 0.337 e. The summed E-state index contributed by atoms with van der Waals surface area (Å²) in [6, 6.07) is 2.97. The molecular formula is C32H40Cl3N3O12. The lowest BCUT2D eigenvalue weighted by Crippen LogP contribution is -2.60. The summed E-state index contributed by atoms with van der Waals surface area (Å²) in [5, 5.41) is 40.1. The monoisotopic (exact) mass is 763 g/mol. The standard InChI is InChI=1S/C17H24O10.C15H16Cl3N3O2/c1-3-8-9(4-5-18)10(15(23)24-2)7-25-16(8)27-17-14(22)13(21)12(20)11(6-19)26-17;1-2-4-20(15(22)21-5-3-19-10-21)6-7-23-14-12(17)8-11(16)9-13(14)18/h3,5,7-9,11-14,16-17,19-22H,1,4,6H2,2H3;3,5,8-10H,2,4,6-7H2,1H3/t8-,9+,11-,12-,13+,14-,16+,17+;/m1./s1. The number of carbonyl (C=O) groups is 3. The largest absolute Gasteiger partial charge is 0.489 e. The lowest BCUT2D eigenvalue weighted by atomic mass is 9.82. The van der Waals surface area contributed by atoms with Crippen LogP contribution in [0, 0.1) is 11.8 Å². The summed E-state index contributed by atoms with van der Waals surface area (Å²) in [6.07, 6.45) is 0.168. The van der Waals surface area contributed by atoms with E-state index in [1.54, 1.807) is 29.4 Å². The van der Waals surface area contributed by atoms with Crippen LogP contribution in [0.1, 0.15) is 19.8 Å². The highest BCUT2D eigenvalue weighted by Gasteiger charge is 2.47. The number of esters is 1. The van der Waals surface area contributed by atoms with Gasteiger partial charge in [-0.15, -0.1) is 6.58 Å². The van der Waals surface area contributed by atoms with Crippen LogP contribution in [0.3, 0.4) is 0 Å². The Morgan fingerprint density at radius 1 is 1.10 bits per heavy atom. The van der Waals surface area contributed by atoms with Gasteiger partial charge >= 0.3 is 12.0 Å². The Morgan fingerprint density at radius 3 is 2.36 bits per heavy atom. The number of rotatable bonds is 13. The second kappa shape index (κ2) is 20.0. The molecule has 18 heteroatoms. The number of amides is 1. The maximum absolute atomic E-state index is 12.3. The van der Waals surface area contributed by atoms with Crippen molar-refractivity contribution in [1.29, 1.82) is 0 Å². The van der Waals surface area contributed by atoms with Crippen molar-refractivity contribution in [2.24, 2.45) is 11.8 Å². The maximum Gasteiger partial charge on any atom is 0.337 e. The van der Waals surface area contributed by atoms with E-state index in [0.29, 0.717) is 40.2 Å². The fraction of sp³-hybridized carbons (Fsp3) is 0.500. The minimum absolute atomic E-state index is 0.0322. The van der Waals surface area contributed by atoms with E-state index in [2.05, 4.69) is 16.3 Å². The van der Waals surface area contributed by atoms with Crippen molar-refractivity contribution in [3.8, 4) is 5.75 Å². The first kappa shape index (κ1) is 41.2. The highest BCUT2D eigenvalue weighted by molar-refractivity contribution is 6.40. The first-order valence-electron chi connectivity index (χ1n) is 15.4. The molecule has 1 aromatic heterocycles. The second-order valence-corrected chi connectivity index (χ2v) is 12.3. The zero-order valence-electron chi connectivity index (χ0n) is 27.2. The molecule has 1 fully saturated rings. The molecule has 8 atom stereocenters. The van der Waals surface area contributed by atoms with Gasteiger partial charge in [0.2, 0.25) is 6.29 Å². The number of ether oxygens (including phenoxy) is 5. The fourth-order valence-electron chi connectivity index (χ4n) is 5.16.